The van der Waals surface area contributed by atoms with E-state index >= 15 is 0 Å². The molecule has 0 amide bonds. The molecule has 13 rings (SSSR count). The van der Waals surface area contributed by atoms with Crippen LogP contribution in [0.15, 0.2) is 179 Å². The van der Waals surface area contributed by atoms with Gasteiger partial charge >= 0.3 is 0 Å². The minimum Gasteiger partial charge on any atom is -0.456 e. The van der Waals surface area contributed by atoms with Crippen molar-refractivity contribution in [1.29, 1.82) is 0 Å². The number of rotatable bonds is 4. The maximum absolute atomic E-state index is 6.68. The summed E-state index contributed by atoms with van der Waals surface area (Å²) in [5.41, 5.74) is 9.33. The minimum atomic E-state index is 0.506. The van der Waals surface area contributed by atoms with Crippen LogP contribution in [0, 0.1) is 0 Å². The molecule has 0 fully saturated rings. The summed E-state index contributed by atoms with van der Waals surface area (Å²) in [6.07, 6.45) is 0. The Labute approximate surface area is 333 Å². The van der Waals surface area contributed by atoms with E-state index in [-0.39, 0.29) is 0 Å². The van der Waals surface area contributed by atoms with Crippen LogP contribution in [0.5, 0.6) is 0 Å². The van der Waals surface area contributed by atoms with Crippen molar-refractivity contribution in [2.45, 2.75) is 0 Å². The average molecular weight is 761 g/mol. The molecule has 5 aromatic heterocycles. The van der Waals surface area contributed by atoms with E-state index in [2.05, 4.69) is 138 Å². The highest BCUT2D eigenvalue weighted by molar-refractivity contribution is 7.26. The number of hydrogen-bond donors (Lipinski definition) is 0. The molecule has 0 aliphatic heterocycles. The Morgan fingerprint density at radius 1 is 0.414 bits per heavy atom. The fourth-order valence-electron chi connectivity index (χ4n) is 8.85. The highest BCUT2D eigenvalue weighted by Crippen LogP contribution is 2.43. The SMILES string of the molecule is c1ccc(-c2cccc3sc4cc(-c5nc(-c6ccc7c(c6)oc6ccccc67)nc(-n6c7ccccc7c7ccc8c9ccccc9oc8c76)n5)ccc4c23)cc1. The van der Waals surface area contributed by atoms with Gasteiger partial charge in [-0.3, -0.25) is 4.57 Å². The van der Waals surface area contributed by atoms with E-state index < -0.39 is 0 Å². The van der Waals surface area contributed by atoms with E-state index in [4.69, 9.17) is 23.8 Å². The number of aromatic nitrogens is 4. The molecule has 0 saturated carbocycles. The van der Waals surface area contributed by atoms with Gasteiger partial charge in [0.05, 0.1) is 5.52 Å². The summed E-state index contributed by atoms with van der Waals surface area (Å²) < 4.78 is 17.6. The predicted molar refractivity (Wildman–Crippen MR) is 238 cm³/mol. The normalized spacial score (nSPS) is 12.1. The van der Waals surface area contributed by atoms with Crippen LogP contribution in [0.25, 0.3) is 126 Å². The summed E-state index contributed by atoms with van der Waals surface area (Å²) in [5.74, 6) is 1.63. The minimum absolute atomic E-state index is 0.506. The molecule has 270 valence electrons. The lowest BCUT2D eigenvalue weighted by Gasteiger charge is -2.11. The summed E-state index contributed by atoms with van der Waals surface area (Å²) in [6, 6.07) is 59.1. The van der Waals surface area contributed by atoms with Gasteiger partial charge < -0.3 is 8.83 Å². The van der Waals surface area contributed by atoms with E-state index in [9.17, 15) is 0 Å². The topological polar surface area (TPSA) is 69.9 Å². The number of fused-ring (bicyclic) bond motifs is 13. The van der Waals surface area contributed by atoms with Crippen LogP contribution < -0.4 is 0 Å². The second-order valence-electron chi connectivity index (χ2n) is 14.7. The standard InChI is InChI=1S/C51H28N4O2S/c1-2-11-29(12-3-1)32-16-10-20-44-46(32)39-24-22-31(28-45(39)58-44)50-52-49(30-21-23-36-34-14-5-8-18-41(34)56-43(36)27-30)53-51(54-50)55-40-17-7-4-13-33(40)37-25-26-38-35-15-6-9-19-42(35)57-48(38)47(37)55/h1-28H. The molecule has 0 bridgehead atoms. The van der Waals surface area contributed by atoms with Gasteiger partial charge in [0, 0.05) is 63.6 Å². The van der Waals surface area contributed by atoms with Crippen molar-refractivity contribution in [2.75, 3.05) is 0 Å². The molecule has 0 radical (unpaired) electrons. The van der Waals surface area contributed by atoms with Gasteiger partial charge in [0.15, 0.2) is 17.2 Å². The van der Waals surface area contributed by atoms with Gasteiger partial charge in [0.2, 0.25) is 5.95 Å². The van der Waals surface area contributed by atoms with Crippen molar-refractivity contribution in [3.05, 3.63) is 170 Å². The van der Waals surface area contributed by atoms with Crippen LogP contribution in [0.3, 0.4) is 0 Å². The molecule has 58 heavy (non-hydrogen) atoms. The van der Waals surface area contributed by atoms with E-state index in [0.717, 1.165) is 76.8 Å². The van der Waals surface area contributed by atoms with Gasteiger partial charge in [-0.25, -0.2) is 4.98 Å². The maximum Gasteiger partial charge on any atom is 0.238 e. The van der Waals surface area contributed by atoms with Crippen LogP contribution in [-0.2, 0) is 0 Å². The van der Waals surface area contributed by atoms with Gasteiger partial charge in [-0.15, -0.1) is 11.3 Å². The van der Waals surface area contributed by atoms with E-state index in [0.29, 0.717) is 17.6 Å². The smallest absolute Gasteiger partial charge is 0.238 e. The largest absolute Gasteiger partial charge is 0.456 e. The van der Waals surface area contributed by atoms with Gasteiger partial charge in [-0.05, 0) is 59.7 Å². The number of furan rings is 2. The maximum atomic E-state index is 6.68. The summed E-state index contributed by atoms with van der Waals surface area (Å²) in [5, 5.41) is 8.87. The van der Waals surface area contributed by atoms with Crippen molar-refractivity contribution in [3.63, 3.8) is 0 Å². The first kappa shape index (κ1) is 31.6. The van der Waals surface area contributed by atoms with Gasteiger partial charge in [-0.2, -0.15) is 9.97 Å². The lowest BCUT2D eigenvalue weighted by atomic mass is 9.99. The molecular formula is C51H28N4O2S. The van der Waals surface area contributed by atoms with Crippen LogP contribution in [0.1, 0.15) is 0 Å². The highest BCUT2D eigenvalue weighted by atomic mass is 32.1. The fourth-order valence-corrected chi connectivity index (χ4v) is 10.0. The molecule has 8 aromatic carbocycles. The van der Waals surface area contributed by atoms with Crippen molar-refractivity contribution in [2.24, 2.45) is 0 Å². The predicted octanol–water partition coefficient (Wildman–Crippen LogP) is 14.1. The molecule has 0 aliphatic rings. The third-order valence-electron chi connectivity index (χ3n) is 11.5. The molecule has 0 unspecified atom stereocenters. The van der Waals surface area contributed by atoms with Crippen LogP contribution in [-0.4, -0.2) is 19.5 Å². The van der Waals surface area contributed by atoms with Crippen LogP contribution >= 0.6 is 11.3 Å². The van der Waals surface area contributed by atoms with Crippen molar-refractivity contribution in [3.8, 4) is 39.9 Å². The van der Waals surface area contributed by atoms with E-state index in [1.54, 1.807) is 11.3 Å². The summed E-state index contributed by atoms with van der Waals surface area (Å²) in [4.78, 5) is 15.9. The molecule has 0 atom stereocenters. The van der Waals surface area contributed by atoms with Crippen LogP contribution in [0.2, 0.25) is 0 Å². The Morgan fingerprint density at radius 2 is 1.05 bits per heavy atom. The molecule has 0 saturated heterocycles. The Balaban J connectivity index is 1.09. The molecule has 13 aromatic rings. The lowest BCUT2D eigenvalue weighted by molar-refractivity contribution is 0.669. The molecule has 0 aliphatic carbocycles. The Bertz CT molecular complexity index is 3820. The molecule has 7 heteroatoms. The molecule has 0 spiro atoms. The Morgan fingerprint density at radius 3 is 1.88 bits per heavy atom. The zero-order chi connectivity index (χ0) is 37.9. The molecular weight excluding hydrogens is 733 g/mol. The monoisotopic (exact) mass is 760 g/mol. The number of para-hydroxylation sites is 3. The molecule has 6 nitrogen and oxygen atoms in total. The van der Waals surface area contributed by atoms with Gasteiger partial charge in [0.1, 0.15) is 22.3 Å². The zero-order valence-electron chi connectivity index (χ0n) is 30.7. The Hall–Kier alpha value is -7.61. The van der Waals surface area contributed by atoms with Crippen molar-refractivity contribution >= 4 is 97.2 Å². The first-order chi connectivity index (χ1) is 28.7. The number of nitrogens with zero attached hydrogens (tertiary/aromatic N) is 4. The summed E-state index contributed by atoms with van der Waals surface area (Å²) in [7, 11) is 0. The number of benzene rings is 8. The summed E-state index contributed by atoms with van der Waals surface area (Å²) in [6.45, 7) is 0. The third kappa shape index (κ3) is 4.56. The van der Waals surface area contributed by atoms with Crippen molar-refractivity contribution < 1.29 is 8.83 Å². The van der Waals surface area contributed by atoms with E-state index in [1.165, 1.54) is 31.3 Å². The fraction of sp³-hybridized carbons (Fsp3) is 0. The third-order valence-corrected chi connectivity index (χ3v) is 12.6. The molecule has 0 N–H and O–H groups in total. The van der Waals surface area contributed by atoms with Gasteiger partial charge in [0.25, 0.3) is 0 Å². The lowest BCUT2D eigenvalue weighted by Crippen LogP contribution is -2.06. The van der Waals surface area contributed by atoms with E-state index in [1.807, 2.05) is 36.4 Å². The molecule has 5 heterocycles. The Kier molecular flexibility index (Phi) is 6.50. The average Bonchev–Trinajstić information content (AvgIpc) is 4.04. The van der Waals surface area contributed by atoms with Crippen LogP contribution in [0.4, 0.5) is 0 Å². The van der Waals surface area contributed by atoms with Crippen molar-refractivity contribution in [1.82, 2.24) is 19.5 Å². The first-order valence-corrected chi connectivity index (χ1v) is 20.1. The number of hydrogen-bond acceptors (Lipinski definition) is 6. The second kappa shape index (κ2) is 11.9. The highest BCUT2D eigenvalue weighted by Gasteiger charge is 2.23. The second-order valence-corrected chi connectivity index (χ2v) is 15.8. The summed E-state index contributed by atoms with van der Waals surface area (Å²) >= 11 is 1.79. The first-order valence-electron chi connectivity index (χ1n) is 19.3. The quantitative estimate of drug-likeness (QED) is 0.179. The van der Waals surface area contributed by atoms with Gasteiger partial charge in [-0.1, -0.05) is 121 Å². The number of thiophene rings is 1. The zero-order valence-corrected chi connectivity index (χ0v) is 31.5.